The van der Waals surface area contributed by atoms with Gasteiger partial charge in [-0.3, -0.25) is 14.5 Å². The van der Waals surface area contributed by atoms with Gasteiger partial charge in [0.2, 0.25) is 5.91 Å². The molecule has 0 bridgehead atoms. The molecule has 4 rings (SSSR count). The van der Waals surface area contributed by atoms with Crippen LogP contribution >= 0.6 is 11.6 Å². The van der Waals surface area contributed by atoms with Crippen molar-refractivity contribution in [1.82, 2.24) is 9.88 Å². The first-order valence-electron chi connectivity index (χ1n) is 11.8. The number of pyridine rings is 1. The number of fused-ring (bicyclic) bond motifs is 1. The van der Waals surface area contributed by atoms with Crippen LogP contribution < -0.4 is 11.1 Å². The number of carbonyl (C=O) groups excluding carboxylic acids is 2. The Hall–Kier alpha value is -2.96. The van der Waals surface area contributed by atoms with Gasteiger partial charge in [-0.15, -0.1) is 0 Å². The summed E-state index contributed by atoms with van der Waals surface area (Å²) >= 11 is 6.28. The molecule has 2 aromatic carbocycles. The van der Waals surface area contributed by atoms with E-state index in [2.05, 4.69) is 29.0 Å². The first-order chi connectivity index (χ1) is 16.3. The maximum Gasteiger partial charge on any atom is 0.238 e. The summed E-state index contributed by atoms with van der Waals surface area (Å²) in [6.07, 6.45) is 6.02. The summed E-state index contributed by atoms with van der Waals surface area (Å²) in [6, 6.07) is 13.7. The third-order valence-electron chi connectivity index (χ3n) is 6.71. The average molecular weight is 495 g/mol. The normalized spacial score (nSPS) is 18.1. The van der Waals surface area contributed by atoms with Crippen molar-refractivity contribution in [2.24, 2.45) is 0 Å². The quantitative estimate of drug-likeness (QED) is 0.386. The molecule has 1 aromatic heterocycles. The molecule has 35 heavy (non-hydrogen) atoms. The monoisotopic (exact) mass is 494 g/mol. The highest BCUT2D eigenvalue weighted by Gasteiger charge is 2.26. The molecule has 3 aromatic rings. The maximum atomic E-state index is 12.9. The average Bonchev–Trinajstić information content (AvgIpc) is 2.79. The highest BCUT2D eigenvalue weighted by atomic mass is 35.5. The Balaban J connectivity index is 0.00000342. The molecule has 1 amide bonds. The van der Waals surface area contributed by atoms with Crippen LogP contribution in [-0.2, 0) is 11.2 Å². The second-order valence-electron chi connectivity index (χ2n) is 9.25. The number of piperidine rings is 1. The number of anilines is 2. The van der Waals surface area contributed by atoms with E-state index >= 15 is 0 Å². The van der Waals surface area contributed by atoms with Gasteiger partial charge in [0.15, 0.2) is 5.78 Å². The van der Waals surface area contributed by atoms with E-state index in [-0.39, 0.29) is 19.1 Å². The number of carbonyl (C=O) groups is 2. The summed E-state index contributed by atoms with van der Waals surface area (Å²) in [5, 5.41) is 5.26. The number of halogens is 1. The molecule has 2 atom stereocenters. The van der Waals surface area contributed by atoms with Crippen LogP contribution in [0, 0.1) is 0 Å². The molecule has 0 aliphatic carbocycles. The molecule has 0 spiro atoms. The summed E-state index contributed by atoms with van der Waals surface area (Å²) in [4.78, 5) is 32.0. The number of benzene rings is 2. The van der Waals surface area contributed by atoms with E-state index in [0.717, 1.165) is 29.2 Å². The number of hydrogen-bond donors (Lipinski definition) is 2. The summed E-state index contributed by atoms with van der Waals surface area (Å²) in [5.41, 5.74) is 8.02. The zero-order chi connectivity index (χ0) is 24.2. The number of nitrogens with one attached hydrogen (secondary N) is 1. The van der Waals surface area contributed by atoms with Crippen LogP contribution in [0.3, 0.4) is 0 Å². The number of likely N-dealkylation sites (tertiary alicyclic amines) is 1. The van der Waals surface area contributed by atoms with Gasteiger partial charge in [-0.1, -0.05) is 43.6 Å². The Labute approximate surface area is 212 Å². The first kappa shape index (κ1) is 26.6. The molecular formula is C28H35ClN4O2. The lowest BCUT2D eigenvalue weighted by atomic mass is 9.97. The van der Waals surface area contributed by atoms with Crippen LogP contribution in [0.2, 0.25) is 5.02 Å². The van der Waals surface area contributed by atoms with E-state index in [9.17, 15) is 9.59 Å². The fourth-order valence-corrected chi connectivity index (χ4v) is 5.02. The molecule has 0 unspecified atom stereocenters. The largest absolute Gasteiger partial charge is 0.383 e. The Morgan fingerprint density at radius 3 is 2.60 bits per heavy atom. The molecule has 0 saturated carbocycles. The van der Waals surface area contributed by atoms with E-state index in [1.807, 2.05) is 24.3 Å². The minimum atomic E-state index is -0.0915. The highest BCUT2D eigenvalue weighted by molar-refractivity contribution is 6.31. The molecule has 186 valence electrons. The van der Waals surface area contributed by atoms with Crippen LogP contribution in [0.15, 0.2) is 48.7 Å². The molecule has 7 heteroatoms. The molecule has 6 nitrogen and oxygen atoms in total. The molecule has 1 aliphatic heterocycles. The lowest BCUT2D eigenvalue weighted by molar-refractivity contribution is -0.118. The zero-order valence-electron chi connectivity index (χ0n) is 19.7. The van der Waals surface area contributed by atoms with E-state index in [1.165, 1.54) is 6.42 Å². The van der Waals surface area contributed by atoms with Gasteiger partial charge in [0, 0.05) is 46.4 Å². The SMILES string of the molecule is C.C[C@@H]1CCC[C@H](C)N1CC(=O)Nc1cc(Cl)cc(C(=O)CCc2ccc3c(N)nccc3c2)c1. The van der Waals surface area contributed by atoms with Gasteiger partial charge in [0.05, 0.1) is 6.54 Å². The molecule has 0 radical (unpaired) electrons. The highest BCUT2D eigenvalue weighted by Crippen LogP contribution is 2.25. The Kier molecular flexibility index (Phi) is 8.87. The van der Waals surface area contributed by atoms with Gasteiger partial charge in [0.25, 0.3) is 0 Å². The van der Waals surface area contributed by atoms with Crippen molar-refractivity contribution in [3.63, 3.8) is 0 Å². The van der Waals surface area contributed by atoms with Crippen LogP contribution in [0.1, 0.15) is 62.9 Å². The van der Waals surface area contributed by atoms with E-state index in [4.69, 9.17) is 17.3 Å². The molecular weight excluding hydrogens is 460 g/mol. The summed E-state index contributed by atoms with van der Waals surface area (Å²) in [7, 11) is 0. The Bertz CT molecular complexity index is 1200. The lowest BCUT2D eigenvalue weighted by Gasteiger charge is -2.38. The number of nitrogen functional groups attached to an aromatic ring is 1. The number of Topliss-reactive ketones (excluding diaryl/α,β-unsaturated/α-hetero) is 1. The minimum absolute atomic E-state index is 0. The van der Waals surface area contributed by atoms with Crippen molar-refractivity contribution >= 4 is 45.6 Å². The number of aromatic nitrogens is 1. The van der Waals surface area contributed by atoms with Gasteiger partial charge >= 0.3 is 0 Å². The third-order valence-corrected chi connectivity index (χ3v) is 6.92. The molecule has 1 fully saturated rings. The Morgan fingerprint density at radius 1 is 1.11 bits per heavy atom. The third kappa shape index (κ3) is 6.59. The van der Waals surface area contributed by atoms with Crippen molar-refractivity contribution in [2.75, 3.05) is 17.6 Å². The molecule has 1 aliphatic rings. The van der Waals surface area contributed by atoms with E-state index in [0.29, 0.717) is 53.6 Å². The number of hydrogen-bond acceptors (Lipinski definition) is 5. The molecule has 3 N–H and O–H groups in total. The van der Waals surface area contributed by atoms with Crippen LogP contribution in [0.4, 0.5) is 11.5 Å². The number of nitrogens with two attached hydrogens (primary N) is 1. The van der Waals surface area contributed by atoms with Gasteiger partial charge in [-0.05, 0) is 68.3 Å². The second kappa shape index (κ2) is 11.6. The second-order valence-corrected chi connectivity index (χ2v) is 9.69. The van der Waals surface area contributed by atoms with Gasteiger partial charge in [-0.25, -0.2) is 4.98 Å². The topological polar surface area (TPSA) is 88.3 Å². The van der Waals surface area contributed by atoms with Crippen molar-refractivity contribution in [2.45, 2.75) is 65.5 Å². The van der Waals surface area contributed by atoms with Crippen LogP contribution in [0.5, 0.6) is 0 Å². The summed E-state index contributed by atoms with van der Waals surface area (Å²) in [6.45, 7) is 4.67. The van der Waals surface area contributed by atoms with Crippen molar-refractivity contribution in [3.8, 4) is 0 Å². The van der Waals surface area contributed by atoms with Crippen LogP contribution in [0.25, 0.3) is 10.8 Å². The lowest BCUT2D eigenvalue weighted by Crippen LogP contribution is -2.47. The smallest absolute Gasteiger partial charge is 0.238 e. The maximum absolute atomic E-state index is 12.9. The van der Waals surface area contributed by atoms with Crippen LogP contribution in [-0.4, -0.2) is 40.2 Å². The Morgan fingerprint density at radius 2 is 1.86 bits per heavy atom. The fraction of sp³-hybridized carbons (Fsp3) is 0.393. The summed E-state index contributed by atoms with van der Waals surface area (Å²) < 4.78 is 0. The number of amides is 1. The van der Waals surface area contributed by atoms with Crippen molar-refractivity contribution in [3.05, 3.63) is 64.8 Å². The summed E-state index contributed by atoms with van der Waals surface area (Å²) in [5.74, 6) is 0.384. The fourth-order valence-electron chi connectivity index (χ4n) is 4.78. The van der Waals surface area contributed by atoms with Gasteiger partial charge < -0.3 is 11.1 Å². The minimum Gasteiger partial charge on any atom is -0.383 e. The first-order valence-corrected chi connectivity index (χ1v) is 12.2. The number of rotatable bonds is 7. The predicted octanol–water partition coefficient (Wildman–Crippen LogP) is 6.12. The molecule has 2 heterocycles. The van der Waals surface area contributed by atoms with Gasteiger partial charge in [0.1, 0.15) is 5.82 Å². The molecule has 1 saturated heterocycles. The van der Waals surface area contributed by atoms with E-state index < -0.39 is 0 Å². The standard InChI is InChI=1S/C27H31ClN4O2.CH4/c1-17-4-3-5-18(2)32(17)16-26(34)31-23-14-21(13-22(28)15-23)25(33)9-7-19-6-8-24-20(12-19)10-11-30-27(24)29;/h6,8,10-15,17-18H,3-5,7,9,16H2,1-2H3,(H2,29,30)(H,31,34);1H4/t17-,18+;. The zero-order valence-corrected chi connectivity index (χ0v) is 20.4. The number of ketones is 1. The predicted molar refractivity (Wildman–Crippen MR) is 145 cm³/mol. The van der Waals surface area contributed by atoms with Gasteiger partial charge in [-0.2, -0.15) is 0 Å². The number of aryl methyl sites for hydroxylation is 1. The number of nitrogens with zero attached hydrogens (tertiary/aromatic N) is 2. The van der Waals surface area contributed by atoms with E-state index in [1.54, 1.807) is 24.4 Å². The van der Waals surface area contributed by atoms with Crippen molar-refractivity contribution < 1.29 is 9.59 Å². The van der Waals surface area contributed by atoms with Crippen molar-refractivity contribution in [1.29, 1.82) is 0 Å².